The van der Waals surface area contributed by atoms with Gasteiger partial charge >= 0.3 is 0 Å². The van der Waals surface area contributed by atoms with Crippen LogP contribution in [-0.4, -0.2) is 42.3 Å². The molecule has 0 aromatic heterocycles. The monoisotopic (exact) mass is 378 g/mol. The summed E-state index contributed by atoms with van der Waals surface area (Å²) in [5, 5.41) is 0. The van der Waals surface area contributed by atoms with Crippen molar-refractivity contribution >= 4 is 15.7 Å². The molecular weight excluding hydrogens is 352 g/mol. The van der Waals surface area contributed by atoms with Crippen molar-refractivity contribution in [1.29, 1.82) is 0 Å². The Kier molecular flexibility index (Phi) is 7.29. The zero-order valence-corrected chi connectivity index (χ0v) is 16.3. The highest BCUT2D eigenvalue weighted by Crippen LogP contribution is 2.27. The van der Waals surface area contributed by atoms with Crippen LogP contribution >= 0.6 is 0 Å². The third-order valence-electron chi connectivity index (χ3n) is 4.06. The molecule has 142 valence electrons. The summed E-state index contributed by atoms with van der Waals surface area (Å²) in [7, 11) is -0.740. The van der Waals surface area contributed by atoms with Crippen LogP contribution in [0.2, 0.25) is 0 Å². The van der Waals surface area contributed by atoms with Gasteiger partial charge in [-0.3, -0.25) is 0 Å². The van der Waals surface area contributed by atoms with E-state index in [1.807, 2.05) is 18.2 Å². The quantitative estimate of drug-likeness (QED) is 0.644. The predicted octanol–water partition coefficient (Wildman–Crippen LogP) is 2.90. The summed E-state index contributed by atoms with van der Waals surface area (Å²) in [4.78, 5) is 2.29. The molecular formula is C19H26N2O4S. The van der Waals surface area contributed by atoms with Crippen molar-refractivity contribution in [3.63, 3.8) is 0 Å². The van der Waals surface area contributed by atoms with E-state index < -0.39 is 10.0 Å². The van der Waals surface area contributed by atoms with Crippen LogP contribution in [0.5, 0.6) is 11.5 Å². The van der Waals surface area contributed by atoms with Gasteiger partial charge in [0.2, 0.25) is 10.0 Å². The van der Waals surface area contributed by atoms with E-state index in [4.69, 9.17) is 9.47 Å². The van der Waals surface area contributed by atoms with Gasteiger partial charge in [0, 0.05) is 31.4 Å². The van der Waals surface area contributed by atoms with Crippen LogP contribution in [0.25, 0.3) is 0 Å². The van der Waals surface area contributed by atoms with Crippen molar-refractivity contribution in [3.05, 3.63) is 48.5 Å². The maximum atomic E-state index is 12.6. The van der Waals surface area contributed by atoms with Gasteiger partial charge in [-0.05, 0) is 37.6 Å². The Morgan fingerprint density at radius 3 is 2.38 bits per heavy atom. The largest absolute Gasteiger partial charge is 0.497 e. The number of anilines is 1. The summed E-state index contributed by atoms with van der Waals surface area (Å²) in [6.45, 7) is 4.04. The molecule has 0 saturated heterocycles. The van der Waals surface area contributed by atoms with Crippen molar-refractivity contribution < 1.29 is 17.9 Å². The number of nitrogens with zero attached hydrogens (tertiary/aromatic N) is 1. The molecule has 2 aromatic rings. The van der Waals surface area contributed by atoms with E-state index in [0.29, 0.717) is 18.7 Å². The molecule has 0 aliphatic carbocycles. The lowest BCUT2D eigenvalue weighted by Gasteiger charge is -2.23. The van der Waals surface area contributed by atoms with Gasteiger partial charge in [0.1, 0.15) is 16.4 Å². The predicted molar refractivity (Wildman–Crippen MR) is 104 cm³/mol. The molecule has 0 radical (unpaired) electrons. The second kappa shape index (κ2) is 9.45. The molecule has 0 heterocycles. The van der Waals surface area contributed by atoms with E-state index in [-0.39, 0.29) is 10.6 Å². The first-order valence-corrected chi connectivity index (χ1v) is 10.0. The van der Waals surface area contributed by atoms with Crippen molar-refractivity contribution in [2.75, 3.05) is 38.8 Å². The smallest absolute Gasteiger partial charge is 0.244 e. The van der Waals surface area contributed by atoms with Crippen LogP contribution in [0.3, 0.4) is 0 Å². The van der Waals surface area contributed by atoms with E-state index in [9.17, 15) is 8.42 Å². The van der Waals surface area contributed by atoms with Gasteiger partial charge in [-0.1, -0.05) is 18.2 Å². The van der Waals surface area contributed by atoms with Crippen molar-refractivity contribution in [1.82, 2.24) is 4.72 Å². The fourth-order valence-electron chi connectivity index (χ4n) is 2.66. The summed E-state index contributed by atoms with van der Waals surface area (Å²) in [6.07, 6.45) is 0.689. The maximum Gasteiger partial charge on any atom is 0.244 e. The van der Waals surface area contributed by atoms with E-state index in [1.54, 1.807) is 12.1 Å². The van der Waals surface area contributed by atoms with Gasteiger partial charge in [0.15, 0.2) is 0 Å². The second-order valence-corrected chi connectivity index (χ2v) is 7.42. The Bertz CT molecular complexity index is 794. The molecule has 2 aromatic carbocycles. The number of hydrogen-bond acceptors (Lipinski definition) is 5. The zero-order valence-electron chi connectivity index (χ0n) is 15.4. The van der Waals surface area contributed by atoms with E-state index in [0.717, 1.165) is 18.8 Å². The standard InChI is InChI=1S/C19H26N2O4S/c1-4-21(16-9-6-5-7-10-16)14-8-13-20-26(22,23)19-15-17(24-2)11-12-18(19)25-3/h5-7,9-12,15,20H,4,8,13-14H2,1-3H3. The molecule has 0 fully saturated rings. The molecule has 0 spiro atoms. The molecule has 0 saturated carbocycles. The minimum Gasteiger partial charge on any atom is -0.497 e. The maximum absolute atomic E-state index is 12.6. The van der Waals surface area contributed by atoms with Crippen LogP contribution in [0.15, 0.2) is 53.4 Å². The molecule has 6 nitrogen and oxygen atoms in total. The molecule has 0 unspecified atom stereocenters. The minimum absolute atomic E-state index is 0.0785. The average molecular weight is 378 g/mol. The number of para-hydroxylation sites is 1. The molecule has 0 amide bonds. The second-order valence-electron chi connectivity index (χ2n) is 5.68. The van der Waals surface area contributed by atoms with E-state index in [2.05, 4.69) is 28.7 Å². The molecule has 2 rings (SSSR count). The van der Waals surface area contributed by atoms with Crippen molar-refractivity contribution in [3.8, 4) is 11.5 Å². The van der Waals surface area contributed by atoms with Crippen molar-refractivity contribution in [2.45, 2.75) is 18.2 Å². The summed E-state index contributed by atoms with van der Waals surface area (Å²) in [6, 6.07) is 14.8. The number of methoxy groups -OCH3 is 2. The lowest BCUT2D eigenvalue weighted by atomic mass is 10.2. The first kappa shape index (κ1) is 20.1. The number of nitrogens with one attached hydrogen (secondary N) is 1. The zero-order chi connectivity index (χ0) is 19.0. The van der Waals surface area contributed by atoms with E-state index >= 15 is 0 Å². The number of hydrogen-bond donors (Lipinski definition) is 1. The number of sulfonamides is 1. The first-order valence-electron chi connectivity index (χ1n) is 8.53. The topological polar surface area (TPSA) is 67.9 Å². The molecule has 26 heavy (non-hydrogen) atoms. The molecule has 7 heteroatoms. The Balaban J connectivity index is 1.98. The van der Waals surface area contributed by atoms with Gasteiger partial charge in [-0.2, -0.15) is 0 Å². The third kappa shape index (κ3) is 5.12. The summed E-state index contributed by atoms with van der Waals surface area (Å²) >= 11 is 0. The summed E-state index contributed by atoms with van der Waals surface area (Å²) in [5.74, 6) is 0.755. The van der Waals surface area contributed by atoms with Gasteiger partial charge in [-0.15, -0.1) is 0 Å². The van der Waals surface area contributed by atoms with Gasteiger partial charge < -0.3 is 14.4 Å². The van der Waals surface area contributed by atoms with Gasteiger partial charge in [0.25, 0.3) is 0 Å². The Hall–Kier alpha value is -2.25. The fraction of sp³-hybridized carbons (Fsp3) is 0.368. The van der Waals surface area contributed by atoms with Crippen LogP contribution < -0.4 is 19.1 Å². The first-order chi connectivity index (χ1) is 12.5. The SMILES string of the molecule is CCN(CCCNS(=O)(=O)c1cc(OC)ccc1OC)c1ccccc1. The highest BCUT2D eigenvalue weighted by Gasteiger charge is 2.20. The van der Waals surface area contributed by atoms with Crippen LogP contribution in [0, 0.1) is 0 Å². The molecule has 1 N–H and O–H groups in total. The normalized spacial score (nSPS) is 11.2. The summed E-state index contributed by atoms with van der Waals surface area (Å²) < 4.78 is 38.1. The average Bonchev–Trinajstić information content (AvgIpc) is 2.68. The number of rotatable bonds is 10. The molecule has 0 aliphatic rings. The van der Waals surface area contributed by atoms with E-state index in [1.165, 1.54) is 20.3 Å². The minimum atomic E-state index is -3.68. The lowest BCUT2D eigenvalue weighted by Crippen LogP contribution is -2.30. The molecule has 0 bridgehead atoms. The van der Waals surface area contributed by atoms with Crippen LogP contribution in [-0.2, 0) is 10.0 Å². The van der Waals surface area contributed by atoms with Crippen LogP contribution in [0.4, 0.5) is 5.69 Å². The highest BCUT2D eigenvalue weighted by molar-refractivity contribution is 7.89. The Labute approximate surface area is 155 Å². The van der Waals surface area contributed by atoms with Gasteiger partial charge in [0.05, 0.1) is 14.2 Å². The fourth-order valence-corrected chi connectivity index (χ4v) is 3.91. The van der Waals surface area contributed by atoms with Crippen LogP contribution in [0.1, 0.15) is 13.3 Å². The molecule has 0 aliphatic heterocycles. The molecule has 0 atom stereocenters. The number of benzene rings is 2. The lowest BCUT2D eigenvalue weighted by molar-refractivity contribution is 0.392. The Morgan fingerprint density at radius 2 is 1.77 bits per heavy atom. The highest BCUT2D eigenvalue weighted by atomic mass is 32.2. The summed E-state index contributed by atoms with van der Waals surface area (Å²) in [5.41, 5.74) is 1.13. The Morgan fingerprint density at radius 1 is 1.04 bits per heavy atom. The van der Waals surface area contributed by atoms with Gasteiger partial charge in [-0.25, -0.2) is 13.1 Å². The number of ether oxygens (including phenoxy) is 2. The third-order valence-corrected chi connectivity index (χ3v) is 5.54. The van der Waals surface area contributed by atoms with Crippen molar-refractivity contribution in [2.24, 2.45) is 0 Å².